The quantitative estimate of drug-likeness (QED) is 0.570. The van der Waals surface area contributed by atoms with Crippen LogP contribution in [0, 0.1) is 0 Å². The zero-order chi connectivity index (χ0) is 20.4. The summed E-state index contributed by atoms with van der Waals surface area (Å²) < 4.78 is 0. The highest BCUT2D eigenvalue weighted by atomic mass is 35.5. The molecule has 0 radical (unpaired) electrons. The van der Waals surface area contributed by atoms with Crippen LogP contribution in [-0.2, 0) is 17.9 Å². The first-order valence-corrected chi connectivity index (χ1v) is 10.1. The molecular weight excluding hydrogens is 374 g/mol. The zero-order valence-corrected chi connectivity index (χ0v) is 17.3. The van der Waals surface area contributed by atoms with Crippen LogP contribution in [0.3, 0.4) is 0 Å². The van der Waals surface area contributed by atoms with Gasteiger partial charge in [-0.2, -0.15) is 0 Å². The van der Waals surface area contributed by atoms with E-state index in [1.807, 2.05) is 0 Å². The highest BCUT2D eigenvalue weighted by Crippen LogP contribution is 2.14. The van der Waals surface area contributed by atoms with Crippen LogP contribution in [0.1, 0.15) is 41.8 Å². The molecule has 0 unspecified atom stereocenters. The van der Waals surface area contributed by atoms with E-state index >= 15 is 0 Å². The van der Waals surface area contributed by atoms with Crippen LogP contribution in [0.4, 0.5) is 0 Å². The van der Waals surface area contributed by atoms with Gasteiger partial charge in [0.15, 0.2) is 0 Å². The number of hydrogen-bond donors (Lipinski definition) is 3. The van der Waals surface area contributed by atoms with E-state index in [4.69, 9.17) is 11.6 Å². The van der Waals surface area contributed by atoms with Crippen molar-refractivity contribution in [3.8, 4) is 0 Å². The lowest BCUT2D eigenvalue weighted by atomic mass is 10.1. The molecule has 2 amide bonds. The first-order chi connectivity index (χ1) is 13.5. The van der Waals surface area contributed by atoms with E-state index in [0.29, 0.717) is 17.1 Å². The molecule has 0 bridgehead atoms. The monoisotopic (exact) mass is 402 g/mol. The molecule has 0 saturated heterocycles. The minimum absolute atomic E-state index is 0.101. The summed E-state index contributed by atoms with van der Waals surface area (Å²) >= 11 is 5.99. The van der Waals surface area contributed by atoms with Crippen molar-refractivity contribution in [3.63, 3.8) is 0 Å². The number of rotatable bonds is 10. The molecule has 0 atom stereocenters. The molecule has 0 spiro atoms. The summed E-state index contributed by atoms with van der Waals surface area (Å²) in [6, 6.07) is 15.2. The van der Waals surface area contributed by atoms with E-state index in [1.54, 1.807) is 29.2 Å². The standard InChI is InChI=1S/C22H28ClN3O2/c1-3-26(4-2)16-18-11-9-17(10-12-18)15-25-21(27)13-14-24-22(28)19-7-5-6-8-20(19)23/h5-12H,3-4,13-16H2,1-2H3,(H,24,28)(H,25,27)/p+1. The summed E-state index contributed by atoms with van der Waals surface area (Å²) in [6.07, 6.45) is 0.222. The van der Waals surface area contributed by atoms with E-state index in [2.05, 4.69) is 48.7 Å². The highest BCUT2D eigenvalue weighted by Gasteiger charge is 2.10. The maximum atomic E-state index is 12.0. The first-order valence-electron chi connectivity index (χ1n) is 9.74. The fraction of sp³-hybridized carbons (Fsp3) is 0.364. The van der Waals surface area contributed by atoms with Crippen molar-refractivity contribution in [1.29, 1.82) is 0 Å². The molecule has 0 aliphatic carbocycles. The Bertz CT molecular complexity index is 774. The van der Waals surface area contributed by atoms with E-state index in [-0.39, 0.29) is 24.8 Å². The van der Waals surface area contributed by atoms with E-state index in [9.17, 15) is 9.59 Å². The molecule has 6 heteroatoms. The third-order valence-corrected chi connectivity index (χ3v) is 5.05. The topological polar surface area (TPSA) is 62.6 Å². The van der Waals surface area contributed by atoms with Gasteiger partial charge in [0.25, 0.3) is 5.91 Å². The van der Waals surface area contributed by atoms with Crippen molar-refractivity contribution in [2.24, 2.45) is 0 Å². The molecule has 0 aliphatic heterocycles. The summed E-state index contributed by atoms with van der Waals surface area (Å²) in [7, 11) is 0. The number of halogens is 1. The van der Waals surface area contributed by atoms with Crippen molar-refractivity contribution in [3.05, 3.63) is 70.2 Å². The molecule has 0 heterocycles. The van der Waals surface area contributed by atoms with Crippen LogP contribution in [0.25, 0.3) is 0 Å². The molecule has 2 aromatic carbocycles. The van der Waals surface area contributed by atoms with Gasteiger partial charge in [-0.3, -0.25) is 9.59 Å². The molecule has 0 saturated carbocycles. The third kappa shape index (κ3) is 6.98. The second-order valence-electron chi connectivity index (χ2n) is 6.71. The first kappa shape index (κ1) is 21.9. The number of nitrogens with one attached hydrogen (secondary N) is 3. The molecule has 28 heavy (non-hydrogen) atoms. The van der Waals surface area contributed by atoms with Gasteiger partial charge >= 0.3 is 0 Å². The predicted molar refractivity (Wildman–Crippen MR) is 112 cm³/mol. The Morgan fingerprint density at radius 1 is 0.929 bits per heavy atom. The van der Waals surface area contributed by atoms with Crippen LogP contribution in [0.5, 0.6) is 0 Å². The normalized spacial score (nSPS) is 10.7. The summed E-state index contributed by atoms with van der Waals surface area (Å²) in [6.45, 7) is 8.38. The summed E-state index contributed by atoms with van der Waals surface area (Å²) in [5, 5.41) is 6.00. The average molecular weight is 403 g/mol. The van der Waals surface area contributed by atoms with Gasteiger partial charge in [-0.1, -0.05) is 48.0 Å². The van der Waals surface area contributed by atoms with Crippen molar-refractivity contribution < 1.29 is 14.5 Å². The number of amides is 2. The molecule has 2 rings (SSSR count). The maximum absolute atomic E-state index is 12.0. The Balaban J connectivity index is 1.71. The minimum atomic E-state index is -0.274. The zero-order valence-electron chi connectivity index (χ0n) is 16.6. The molecular formula is C22H29ClN3O2+. The van der Waals surface area contributed by atoms with Gasteiger partial charge < -0.3 is 15.5 Å². The molecule has 2 aromatic rings. The Morgan fingerprint density at radius 2 is 1.57 bits per heavy atom. The second kappa shape index (κ2) is 11.5. The van der Waals surface area contributed by atoms with Crippen molar-refractivity contribution in [2.75, 3.05) is 19.6 Å². The van der Waals surface area contributed by atoms with Crippen molar-refractivity contribution in [1.82, 2.24) is 10.6 Å². The predicted octanol–water partition coefficient (Wildman–Crippen LogP) is 2.20. The van der Waals surface area contributed by atoms with E-state index in [1.165, 1.54) is 5.56 Å². The molecule has 3 N–H and O–H groups in total. The number of quaternary nitrogens is 1. The fourth-order valence-corrected chi connectivity index (χ4v) is 3.10. The largest absolute Gasteiger partial charge is 0.352 e. The average Bonchev–Trinajstić information content (AvgIpc) is 2.71. The number of carbonyl (C=O) groups excluding carboxylic acids is 2. The number of hydrogen-bond acceptors (Lipinski definition) is 2. The molecule has 0 aromatic heterocycles. The fourth-order valence-electron chi connectivity index (χ4n) is 2.88. The van der Waals surface area contributed by atoms with Crippen LogP contribution < -0.4 is 15.5 Å². The van der Waals surface area contributed by atoms with Gasteiger partial charge in [0, 0.05) is 25.1 Å². The van der Waals surface area contributed by atoms with Crippen LogP contribution in [0.2, 0.25) is 5.02 Å². The Labute approximate surface area is 172 Å². The van der Waals surface area contributed by atoms with Gasteiger partial charge in [0.2, 0.25) is 5.91 Å². The maximum Gasteiger partial charge on any atom is 0.252 e. The third-order valence-electron chi connectivity index (χ3n) is 4.72. The summed E-state index contributed by atoms with van der Waals surface area (Å²) in [5.74, 6) is -0.375. The number of carbonyl (C=O) groups is 2. The van der Waals surface area contributed by atoms with Gasteiger partial charge in [-0.25, -0.2) is 0 Å². The van der Waals surface area contributed by atoms with Crippen LogP contribution in [-0.4, -0.2) is 31.4 Å². The van der Waals surface area contributed by atoms with E-state index in [0.717, 1.165) is 25.2 Å². The molecule has 5 nitrogen and oxygen atoms in total. The lowest BCUT2D eigenvalue weighted by molar-refractivity contribution is -0.910. The second-order valence-corrected chi connectivity index (χ2v) is 7.12. The number of benzene rings is 2. The van der Waals surface area contributed by atoms with Crippen molar-refractivity contribution >= 4 is 23.4 Å². The van der Waals surface area contributed by atoms with Crippen LogP contribution >= 0.6 is 11.6 Å². The summed E-state index contributed by atoms with van der Waals surface area (Å²) in [4.78, 5) is 25.6. The van der Waals surface area contributed by atoms with E-state index < -0.39 is 0 Å². The van der Waals surface area contributed by atoms with Gasteiger partial charge in [-0.05, 0) is 31.5 Å². The SMILES string of the molecule is CC[NH+](CC)Cc1ccc(CNC(=O)CCNC(=O)c2ccccc2Cl)cc1. The van der Waals surface area contributed by atoms with Crippen molar-refractivity contribution in [2.45, 2.75) is 33.4 Å². The molecule has 0 aliphatic rings. The smallest absolute Gasteiger partial charge is 0.252 e. The molecule has 0 fully saturated rings. The van der Waals surface area contributed by atoms with Gasteiger partial charge in [0.1, 0.15) is 6.54 Å². The minimum Gasteiger partial charge on any atom is -0.352 e. The van der Waals surface area contributed by atoms with Gasteiger partial charge in [0.05, 0.1) is 23.7 Å². The Kier molecular flexibility index (Phi) is 8.98. The lowest BCUT2D eigenvalue weighted by Crippen LogP contribution is -3.10. The Hall–Kier alpha value is -2.37. The van der Waals surface area contributed by atoms with Crippen LogP contribution in [0.15, 0.2) is 48.5 Å². The highest BCUT2D eigenvalue weighted by molar-refractivity contribution is 6.33. The molecule has 150 valence electrons. The van der Waals surface area contributed by atoms with Gasteiger partial charge in [-0.15, -0.1) is 0 Å². The Morgan fingerprint density at radius 3 is 2.21 bits per heavy atom. The summed E-state index contributed by atoms with van der Waals surface area (Å²) in [5.41, 5.74) is 2.78. The lowest BCUT2D eigenvalue weighted by Gasteiger charge is -2.15.